The number of likely N-dealkylation sites (tertiary alicyclic amines) is 1. The van der Waals surface area contributed by atoms with E-state index in [1.54, 1.807) is 12.0 Å². The van der Waals surface area contributed by atoms with Crippen LogP contribution in [-0.2, 0) is 19.6 Å². The molecule has 0 aromatic carbocycles. The lowest BCUT2D eigenvalue weighted by Gasteiger charge is -2.43. The number of hydrogen-bond donors (Lipinski definition) is 2. The Bertz CT molecular complexity index is 453. The Kier molecular flexibility index (Phi) is 6.58. The summed E-state index contributed by atoms with van der Waals surface area (Å²) in [5, 5.41) is 10.5. The third-order valence-corrected chi connectivity index (χ3v) is 4.75. The third-order valence-electron chi connectivity index (χ3n) is 4.02. The number of ether oxygens (including phenoxy) is 1. The first kappa shape index (κ1) is 18.3. The largest absolute Gasteiger partial charge is 0.389 e. The molecular weight excluding hydrogens is 296 g/mol. The summed E-state index contributed by atoms with van der Waals surface area (Å²) in [6, 6.07) is 0. The number of carbonyl (C=O) groups is 1. The van der Waals surface area contributed by atoms with Gasteiger partial charge in [-0.3, -0.25) is 4.79 Å². The summed E-state index contributed by atoms with van der Waals surface area (Å²) >= 11 is 0. The zero-order chi connectivity index (χ0) is 16.1. The number of aliphatic hydroxyl groups is 1. The summed E-state index contributed by atoms with van der Waals surface area (Å²) in [6.07, 6.45) is 2.28. The van der Waals surface area contributed by atoms with Crippen LogP contribution in [0, 0.1) is 5.92 Å². The Morgan fingerprint density at radius 2 is 2.19 bits per heavy atom. The van der Waals surface area contributed by atoms with Gasteiger partial charge in [0, 0.05) is 45.7 Å². The Balaban J connectivity index is 2.44. The molecule has 1 rings (SSSR count). The molecule has 1 amide bonds. The molecule has 0 aromatic heterocycles. The fourth-order valence-electron chi connectivity index (χ4n) is 2.54. The Morgan fingerprint density at radius 3 is 2.71 bits per heavy atom. The third kappa shape index (κ3) is 5.90. The van der Waals surface area contributed by atoms with Crippen LogP contribution in [0.1, 0.15) is 26.2 Å². The van der Waals surface area contributed by atoms with Crippen LogP contribution in [0.4, 0.5) is 0 Å². The molecule has 0 bridgehead atoms. The van der Waals surface area contributed by atoms with Gasteiger partial charge in [0.1, 0.15) is 0 Å². The van der Waals surface area contributed by atoms with Gasteiger partial charge in [-0.25, -0.2) is 13.1 Å². The van der Waals surface area contributed by atoms with Crippen molar-refractivity contribution in [2.45, 2.75) is 31.8 Å². The highest BCUT2D eigenvalue weighted by atomic mass is 32.2. The summed E-state index contributed by atoms with van der Waals surface area (Å²) in [7, 11) is -1.67. The van der Waals surface area contributed by atoms with Gasteiger partial charge in [0.2, 0.25) is 15.9 Å². The standard InChI is InChI=1S/C13H26N2O5S/c1-11-10-15(8-5-13(11,17)6-9-20-2)12(16)4-7-14-21(3,18)19/h11,14,17H,4-10H2,1-3H3/t11-,13-/m0/s1. The molecule has 2 atom stereocenters. The van der Waals surface area contributed by atoms with E-state index in [1.165, 1.54) is 0 Å². The molecule has 21 heavy (non-hydrogen) atoms. The van der Waals surface area contributed by atoms with Crippen molar-refractivity contribution in [3.8, 4) is 0 Å². The maximum atomic E-state index is 12.0. The lowest BCUT2D eigenvalue weighted by Crippen LogP contribution is -2.53. The zero-order valence-electron chi connectivity index (χ0n) is 13.0. The van der Waals surface area contributed by atoms with E-state index in [4.69, 9.17) is 4.74 Å². The van der Waals surface area contributed by atoms with Crippen LogP contribution < -0.4 is 4.72 Å². The summed E-state index contributed by atoms with van der Waals surface area (Å²) < 4.78 is 29.2. The predicted molar refractivity (Wildman–Crippen MR) is 79.3 cm³/mol. The first-order valence-corrected chi connectivity index (χ1v) is 9.01. The molecule has 1 saturated heterocycles. The van der Waals surface area contributed by atoms with Crippen LogP contribution in [0.15, 0.2) is 0 Å². The number of rotatable bonds is 7. The second-order valence-electron chi connectivity index (χ2n) is 5.75. The lowest BCUT2D eigenvalue weighted by molar-refractivity contribution is -0.140. The average molecular weight is 322 g/mol. The van der Waals surface area contributed by atoms with E-state index in [0.717, 1.165) is 6.26 Å². The van der Waals surface area contributed by atoms with Crippen LogP contribution in [0.5, 0.6) is 0 Å². The number of hydrogen-bond acceptors (Lipinski definition) is 5. The van der Waals surface area contributed by atoms with E-state index in [2.05, 4.69) is 4.72 Å². The Labute approximate surface area is 126 Å². The van der Waals surface area contributed by atoms with Gasteiger partial charge < -0.3 is 14.7 Å². The van der Waals surface area contributed by atoms with E-state index in [1.807, 2.05) is 6.92 Å². The molecule has 1 aliphatic rings. The van der Waals surface area contributed by atoms with Gasteiger partial charge in [-0.2, -0.15) is 0 Å². The van der Waals surface area contributed by atoms with E-state index >= 15 is 0 Å². The molecular formula is C13H26N2O5S. The quantitative estimate of drug-likeness (QED) is 0.662. The number of carbonyl (C=O) groups excluding carboxylic acids is 1. The molecule has 0 spiro atoms. The van der Waals surface area contributed by atoms with Gasteiger partial charge in [-0.1, -0.05) is 6.92 Å². The molecule has 1 fully saturated rings. The van der Waals surface area contributed by atoms with Crippen molar-refractivity contribution in [2.75, 3.05) is 39.6 Å². The van der Waals surface area contributed by atoms with E-state index in [0.29, 0.717) is 32.5 Å². The number of sulfonamides is 1. The number of nitrogens with zero attached hydrogens (tertiary/aromatic N) is 1. The van der Waals surface area contributed by atoms with Gasteiger partial charge in [-0.15, -0.1) is 0 Å². The van der Waals surface area contributed by atoms with Crippen molar-refractivity contribution in [3.63, 3.8) is 0 Å². The number of nitrogens with one attached hydrogen (secondary N) is 1. The van der Waals surface area contributed by atoms with Gasteiger partial charge in [-0.05, 0) is 12.8 Å². The van der Waals surface area contributed by atoms with Crippen LogP contribution in [0.25, 0.3) is 0 Å². The highest BCUT2D eigenvalue weighted by molar-refractivity contribution is 7.88. The summed E-state index contributed by atoms with van der Waals surface area (Å²) in [4.78, 5) is 13.7. The van der Waals surface area contributed by atoms with E-state index in [-0.39, 0.29) is 24.8 Å². The minimum absolute atomic E-state index is 0.0341. The Hall–Kier alpha value is -0.700. The van der Waals surface area contributed by atoms with E-state index < -0.39 is 15.6 Å². The first-order valence-electron chi connectivity index (χ1n) is 7.11. The molecule has 124 valence electrons. The molecule has 0 unspecified atom stereocenters. The van der Waals surface area contributed by atoms with Gasteiger partial charge in [0.25, 0.3) is 0 Å². The highest BCUT2D eigenvalue weighted by Gasteiger charge is 2.39. The van der Waals surface area contributed by atoms with Crippen molar-refractivity contribution < 1.29 is 23.1 Å². The van der Waals surface area contributed by atoms with Crippen LogP contribution >= 0.6 is 0 Å². The normalized spacial score (nSPS) is 26.9. The summed E-state index contributed by atoms with van der Waals surface area (Å²) in [6.45, 7) is 3.49. The summed E-state index contributed by atoms with van der Waals surface area (Å²) in [5.41, 5.74) is -0.794. The van der Waals surface area contributed by atoms with Gasteiger partial charge >= 0.3 is 0 Å². The Morgan fingerprint density at radius 1 is 1.52 bits per heavy atom. The van der Waals surface area contributed by atoms with E-state index in [9.17, 15) is 18.3 Å². The zero-order valence-corrected chi connectivity index (χ0v) is 13.8. The molecule has 1 aliphatic heterocycles. The molecule has 1 heterocycles. The molecule has 0 radical (unpaired) electrons. The SMILES string of the molecule is COCC[C@@]1(O)CCN(C(=O)CCNS(C)(=O)=O)C[C@@H]1C. The highest BCUT2D eigenvalue weighted by Crippen LogP contribution is 2.31. The van der Waals surface area contributed by atoms with Crippen molar-refractivity contribution in [1.29, 1.82) is 0 Å². The maximum Gasteiger partial charge on any atom is 0.223 e. The van der Waals surface area contributed by atoms with Crippen molar-refractivity contribution in [3.05, 3.63) is 0 Å². The monoisotopic (exact) mass is 322 g/mol. The maximum absolute atomic E-state index is 12.0. The second kappa shape index (κ2) is 7.53. The predicted octanol–water partition coefficient (Wildman–Crippen LogP) is -0.438. The van der Waals surface area contributed by atoms with Crippen molar-refractivity contribution in [1.82, 2.24) is 9.62 Å². The van der Waals surface area contributed by atoms with Crippen LogP contribution in [0.3, 0.4) is 0 Å². The van der Waals surface area contributed by atoms with Crippen molar-refractivity contribution in [2.24, 2.45) is 5.92 Å². The number of methoxy groups -OCH3 is 1. The molecule has 0 aromatic rings. The number of piperidine rings is 1. The van der Waals surface area contributed by atoms with Crippen molar-refractivity contribution >= 4 is 15.9 Å². The minimum atomic E-state index is -3.26. The van der Waals surface area contributed by atoms with Crippen LogP contribution in [0.2, 0.25) is 0 Å². The lowest BCUT2D eigenvalue weighted by atomic mass is 9.80. The molecule has 8 heteroatoms. The smallest absolute Gasteiger partial charge is 0.223 e. The van der Waals surface area contributed by atoms with Gasteiger partial charge in [0.15, 0.2) is 0 Å². The minimum Gasteiger partial charge on any atom is -0.389 e. The second-order valence-corrected chi connectivity index (χ2v) is 7.59. The first-order chi connectivity index (χ1) is 9.68. The molecule has 7 nitrogen and oxygen atoms in total. The molecule has 0 saturated carbocycles. The molecule has 2 N–H and O–H groups in total. The average Bonchev–Trinajstić information content (AvgIpc) is 2.38. The topological polar surface area (TPSA) is 95.9 Å². The number of amides is 1. The molecule has 0 aliphatic carbocycles. The van der Waals surface area contributed by atoms with Crippen LogP contribution in [-0.4, -0.2) is 69.5 Å². The van der Waals surface area contributed by atoms with Gasteiger partial charge in [0.05, 0.1) is 11.9 Å². The summed E-state index contributed by atoms with van der Waals surface area (Å²) in [5.74, 6) is -0.125. The fraction of sp³-hybridized carbons (Fsp3) is 0.923. The fourth-order valence-corrected chi connectivity index (χ4v) is 3.02.